The van der Waals surface area contributed by atoms with E-state index in [4.69, 9.17) is 4.74 Å². The molecule has 2 unspecified atom stereocenters. The third kappa shape index (κ3) is 3.54. The third-order valence-corrected chi connectivity index (χ3v) is 7.92. The SMILES string of the molecule is CC[C@@]12CCC3(O1)C(C(=O)Nc1cc(C)ccc1C)N(CCCCO)C(=O)[C@@H]3[C@@H]2C(=O)NC. The highest BCUT2D eigenvalue weighted by atomic mass is 16.5. The lowest BCUT2D eigenvalue weighted by Gasteiger charge is -2.33. The molecule has 8 nitrogen and oxygen atoms in total. The average molecular weight is 458 g/mol. The second-order valence-corrected chi connectivity index (χ2v) is 9.72. The standard InChI is InChI=1S/C25H35N3O5/c1-5-24-10-11-25(33-24)19(18(24)21(30)26-4)23(32)28(12-6-7-13-29)20(25)22(31)27-17-14-15(2)8-9-16(17)3/h8-9,14,18-20,29H,5-7,10-13H2,1-4H3,(H,26,30)(H,27,31)/t18-,19+,20?,24+,25?/m1/s1. The number of aryl methyl sites for hydroxylation is 2. The molecule has 0 aliphatic carbocycles. The summed E-state index contributed by atoms with van der Waals surface area (Å²) in [4.78, 5) is 42.1. The van der Waals surface area contributed by atoms with Crippen molar-refractivity contribution in [1.82, 2.24) is 10.2 Å². The molecule has 0 radical (unpaired) electrons. The zero-order chi connectivity index (χ0) is 24.0. The van der Waals surface area contributed by atoms with Crippen LogP contribution < -0.4 is 10.6 Å². The van der Waals surface area contributed by atoms with Crippen LogP contribution in [0.2, 0.25) is 0 Å². The quantitative estimate of drug-likeness (QED) is 0.517. The predicted molar refractivity (Wildman–Crippen MR) is 123 cm³/mol. The van der Waals surface area contributed by atoms with Crippen molar-refractivity contribution >= 4 is 23.4 Å². The molecule has 2 bridgehead atoms. The fraction of sp³-hybridized carbons (Fsp3) is 0.640. The van der Waals surface area contributed by atoms with Gasteiger partial charge in [-0.25, -0.2) is 0 Å². The number of unbranched alkanes of at least 4 members (excludes halogenated alkanes) is 1. The number of aliphatic hydroxyl groups is 1. The van der Waals surface area contributed by atoms with Gasteiger partial charge in [-0.15, -0.1) is 0 Å². The van der Waals surface area contributed by atoms with E-state index in [1.807, 2.05) is 39.0 Å². The van der Waals surface area contributed by atoms with Crippen LogP contribution in [0.15, 0.2) is 18.2 Å². The van der Waals surface area contributed by atoms with Gasteiger partial charge in [-0.05, 0) is 63.1 Å². The molecule has 3 fully saturated rings. The lowest BCUT2D eigenvalue weighted by Crippen LogP contribution is -2.53. The number of anilines is 1. The smallest absolute Gasteiger partial charge is 0.250 e. The number of benzene rings is 1. The van der Waals surface area contributed by atoms with Crippen LogP contribution in [0.4, 0.5) is 5.69 Å². The highest BCUT2D eigenvalue weighted by Gasteiger charge is 2.78. The molecule has 3 N–H and O–H groups in total. The van der Waals surface area contributed by atoms with Crippen molar-refractivity contribution in [3.8, 4) is 0 Å². The molecular weight excluding hydrogens is 422 g/mol. The molecule has 3 aliphatic heterocycles. The molecular formula is C25H35N3O5. The molecule has 4 rings (SSSR count). The molecule has 33 heavy (non-hydrogen) atoms. The average Bonchev–Trinajstić information content (AvgIpc) is 3.40. The number of hydrogen-bond acceptors (Lipinski definition) is 5. The Hall–Kier alpha value is -2.45. The van der Waals surface area contributed by atoms with E-state index in [1.54, 1.807) is 11.9 Å². The van der Waals surface area contributed by atoms with Gasteiger partial charge in [0, 0.05) is 25.9 Å². The normalized spacial score (nSPS) is 32.2. The summed E-state index contributed by atoms with van der Waals surface area (Å²) in [5.74, 6) is -1.99. The Morgan fingerprint density at radius 1 is 1.21 bits per heavy atom. The van der Waals surface area contributed by atoms with Crippen molar-refractivity contribution in [3.63, 3.8) is 0 Å². The third-order valence-electron chi connectivity index (χ3n) is 7.92. The monoisotopic (exact) mass is 457 g/mol. The maximum atomic E-state index is 13.8. The minimum atomic E-state index is -1.02. The topological polar surface area (TPSA) is 108 Å². The Balaban J connectivity index is 1.74. The number of nitrogens with one attached hydrogen (secondary N) is 2. The first-order valence-corrected chi connectivity index (χ1v) is 12.0. The number of ether oxygens (including phenoxy) is 1. The van der Waals surface area contributed by atoms with Crippen LogP contribution >= 0.6 is 0 Å². The molecule has 5 atom stereocenters. The van der Waals surface area contributed by atoms with Crippen molar-refractivity contribution in [1.29, 1.82) is 0 Å². The maximum absolute atomic E-state index is 13.8. The predicted octanol–water partition coefficient (Wildman–Crippen LogP) is 1.92. The lowest BCUT2D eigenvalue weighted by atomic mass is 9.65. The summed E-state index contributed by atoms with van der Waals surface area (Å²) in [6.07, 6.45) is 2.91. The van der Waals surface area contributed by atoms with Gasteiger partial charge in [0.05, 0.1) is 17.4 Å². The van der Waals surface area contributed by atoms with Crippen LogP contribution in [0, 0.1) is 25.7 Å². The number of aliphatic hydroxyl groups excluding tert-OH is 1. The van der Waals surface area contributed by atoms with Crippen molar-refractivity contribution in [3.05, 3.63) is 29.3 Å². The molecule has 180 valence electrons. The minimum absolute atomic E-state index is 0.0201. The zero-order valence-corrected chi connectivity index (χ0v) is 19.9. The molecule has 1 spiro atoms. The maximum Gasteiger partial charge on any atom is 0.250 e. The van der Waals surface area contributed by atoms with E-state index in [9.17, 15) is 19.5 Å². The number of carbonyl (C=O) groups excluding carboxylic acids is 3. The van der Waals surface area contributed by atoms with E-state index in [0.29, 0.717) is 44.3 Å². The molecule has 3 heterocycles. The van der Waals surface area contributed by atoms with Gasteiger partial charge in [-0.2, -0.15) is 0 Å². The summed E-state index contributed by atoms with van der Waals surface area (Å²) < 4.78 is 6.66. The van der Waals surface area contributed by atoms with E-state index >= 15 is 0 Å². The van der Waals surface area contributed by atoms with E-state index in [0.717, 1.165) is 11.1 Å². The van der Waals surface area contributed by atoms with Crippen molar-refractivity contribution in [2.45, 2.75) is 70.1 Å². The number of nitrogens with zero attached hydrogens (tertiary/aromatic N) is 1. The van der Waals surface area contributed by atoms with Crippen molar-refractivity contribution in [2.24, 2.45) is 11.8 Å². The molecule has 0 aromatic heterocycles. The van der Waals surface area contributed by atoms with Crippen LogP contribution in [0.1, 0.15) is 50.2 Å². The fourth-order valence-electron chi connectivity index (χ4n) is 6.28. The Labute approximate surface area is 195 Å². The molecule has 1 aromatic rings. The van der Waals surface area contributed by atoms with E-state index in [2.05, 4.69) is 10.6 Å². The van der Waals surface area contributed by atoms with Crippen LogP contribution in [-0.2, 0) is 19.1 Å². The second kappa shape index (κ2) is 8.72. The summed E-state index contributed by atoms with van der Waals surface area (Å²) in [5.41, 5.74) is 0.921. The van der Waals surface area contributed by atoms with Gasteiger partial charge in [0.1, 0.15) is 11.6 Å². The highest BCUT2D eigenvalue weighted by Crippen LogP contribution is 2.64. The van der Waals surface area contributed by atoms with Gasteiger partial charge in [-0.1, -0.05) is 19.1 Å². The summed E-state index contributed by atoms with van der Waals surface area (Å²) in [6, 6.07) is 5.04. The van der Waals surface area contributed by atoms with Crippen molar-refractivity contribution in [2.75, 3.05) is 25.5 Å². The molecule has 8 heteroatoms. The molecule has 1 aromatic carbocycles. The molecule has 0 saturated carbocycles. The number of amides is 3. The summed E-state index contributed by atoms with van der Waals surface area (Å²) in [7, 11) is 1.58. The Kier molecular flexibility index (Phi) is 6.26. The van der Waals surface area contributed by atoms with Gasteiger partial charge in [0.15, 0.2) is 0 Å². The van der Waals surface area contributed by atoms with Gasteiger partial charge in [0.2, 0.25) is 17.7 Å². The van der Waals surface area contributed by atoms with E-state index in [-0.39, 0.29) is 24.3 Å². The van der Waals surface area contributed by atoms with Gasteiger partial charge < -0.3 is 25.4 Å². The Morgan fingerprint density at radius 2 is 1.97 bits per heavy atom. The van der Waals surface area contributed by atoms with Crippen LogP contribution in [0.3, 0.4) is 0 Å². The first kappa shape index (κ1) is 23.7. The Bertz CT molecular complexity index is 965. The second-order valence-electron chi connectivity index (χ2n) is 9.72. The number of rotatable bonds is 8. The Morgan fingerprint density at radius 3 is 2.64 bits per heavy atom. The molecule has 3 aliphatic rings. The summed E-state index contributed by atoms with van der Waals surface area (Å²) in [6.45, 7) is 6.23. The van der Waals surface area contributed by atoms with Crippen molar-refractivity contribution < 1.29 is 24.2 Å². The van der Waals surface area contributed by atoms with Gasteiger partial charge >= 0.3 is 0 Å². The van der Waals surface area contributed by atoms with E-state index < -0.39 is 29.1 Å². The van der Waals surface area contributed by atoms with E-state index in [1.165, 1.54) is 0 Å². The first-order chi connectivity index (χ1) is 15.7. The van der Waals surface area contributed by atoms with Crippen LogP contribution in [0.25, 0.3) is 0 Å². The number of hydrogen-bond donors (Lipinski definition) is 3. The summed E-state index contributed by atoms with van der Waals surface area (Å²) >= 11 is 0. The van der Waals surface area contributed by atoms with Gasteiger partial charge in [0.25, 0.3) is 0 Å². The number of carbonyl (C=O) groups is 3. The first-order valence-electron chi connectivity index (χ1n) is 12.0. The largest absolute Gasteiger partial charge is 0.396 e. The zero-order valence-electron chi connectivity index (χ0n) is 19.9. The highest BCUT2D eigenvalue weighted by molar-refractivity contribution is 6.04. The lowest BCUT2D eigenvalue weighted by molar-refractivity contribution is -0.145. The molecule has 3 saturated heterocycles. The number of fused-ring (bicyclic) bond motifs is 1. The fourth-order valence-corrected chi connectivity index (χ4v) is 6.28. The number of likely N-dealkylation sites (tertiary alicyclic amines) is 1. The molecule has 3 amide bonds. The van der Waals surface area contributed by atoms with Crippen LogP contribution in [-0.4, -0.2) is 65.2 Å². The van der Waals surface area contributed by atoms with Crippen LogP contribution in [0.5, 0.6) is 0 Å². The minimum Gasteiger partial charge on any atom is -0.396 e. The van der Waals surface area contributed by atoms with Gasteiger partial charge in [-0.3, -0.25) is 14.4 Å². The summed E-state index contributed by atoms with van der Waals surface area (Å²) in [5, 5.41) is 15.0.